The van der Waals surface area contributed by atoms with Gasteiger partial charge in [-0.05, 0) is 24.7 Å². The van der Waals surface area contributed by atoms with E-state index in [9.17, 15) is 5.11 Å². The summed E-state index contributed by atoms with van der Waals surface area (Å²) in [5.74, 6) is 0. The lowest BCUT2D eigenvalue weighted by Gasteiger charge is -2.36. The Balaban J connectivity index is 2.49. The normalized spacial score (nSPS) is 39.6. The molecule has 0 spiro atoms. The molecule has 2 heteroatoms. The number of hydrogen-bond donors (Lipinski definition) is 2. The first-order valence-corrected chi connectivity index (χ1v) is 3.95. The van der Waals surface area contributed by atoms with Crippen LogP contribution in [0.15, 0.2) is 0 Å². The van der Waals surface area contributed by atoms with Gasteiger partial charge in [-0.3, -0.25) is 0 Å². The molecule has 0 unspecified atom stereocenters. The van der Waals surface area contributed by atoms with E-state index in [1.165, 1.54) is 0 Å². The second-order valence-electron chi connectivity index (χ2n) is 4.14. The summed E-state index contributed by atoms with van der Waals surface area (Å²) in [4.78, 5) is 0. The van der Waals surface area contributed by atoms with Crippen molar-refractivity contribution < 1.29 is 5.11 Å². The molecule has 2 nitrogen and oxygen atoms in total. The topological polar surface area (TPSA) is 46.2 Å². The predicted octanol–water partition coefficient (Wildman–Crippen LogP) is 0.885. The summed E-state index contributed by atoms with van der Waals surface area (Å²) in [6, 6.07) is 0.00347. The summed E-state index contributed by atoms with van der Waals surface area (Å²) in [5, 5.41) is 9.28. The molecule has 0 saturated heterocycles. The van der Waals surface area contributed by atoms with Crippen molar-refractivity contribution in [1.29, 1.82) is 0 Å². The van der Waals surface area contributed by atoms with Crippen molar-refractivity contribution in [3.05, 3.63) is 0 Å². The first-order chi connectivity index (χ1) is 4.51. The lowest BCUT2D eigenvalue weighted by molar-refractivity contribution is 0.0591. The van der Waals surface area contributed by atoms with Crippen molar-refractivity contribution in [3.63, 3.8) is 0 Å². The number of rotatable bonds is 0. The summed E-state index contributed by atoms with van der Waals surface area (Å²) in [6.45, 7) is 4.41. The van der Waals surface area contributed by atoms with E-state index in [2.05, 4.69) is 13.8 Å². The fourth-order valence-electron chi connectivity index (χ4n) is 1.63. The zero-order valence-corrected chi connectivity index (χ0v) is 6.80. The largest absolute Gasteiger partial charge is 0.392 e. The van der Waals surface area contributed by atoms with Crippen LogP contribution in [-0.4, -0.2) is 17.3 Å². The summed E-state index contributed by atoms with van der Waals surface area (Å²) in [7, 11) is 0. The Labute approximate surface area is 62.4 Å². The van der Waals surface area contributed by atoms with Gasteiger partial charge in [0.05, 0.1) is 6.10 Å². The van der Waals surface area contributed by atoms with Gasteiger partial charge in [-0.2, -0.15) is 0 Å². The zero-order chi connectivity index (χ0) is 7.78. The van der Waals surface area contributed by atoms with Gasteiger partial charge in [0.25, 0.3) is 0 Å². The highest BCUT2D eigenvalue weighted by Crippen LogP contribution is 2.34. The predicted molar refractivity (Wildman–Crippen MR) is 41.6 cm³/mol. The third kappa shape index (κ3) is 1.70. The fourth-order valence-corrected chi connectivity index (χ4v) is 1.63. The number of aliphatic hydroxyl groups excluding tert-OH is 1. The van der Waals surface area contributed by atoms with Crippen molar-refractivity contribution in [2.45, 2.75) is 45.3 Å². The van der Waals surface area contributed by atoms with Crippen LogP contribution in [0, 0.1) is 5.41 Å². The average Bonchev–Trinajstić information content (AvgIpc) is 1.79. The Morgan fingerprint density at radius 2 is 2.10 bits per heavy atom. The van der Waals surface area contributed by atoms with E-state index in [0.717, 1.165) is 19.3 Å². The minimum absolute atomic E-state index is 0.00347. The molecule has 1 fully saturated rings. The quantitative estimate of drug-likeness (QED) is 0.529. The molecule has 0 aromatic heterocycles. The smallest absolute Gasteiger partial charge is 0.0691 e. The Bertz CT molecular complexity index is 122. The van der Waals surface area contributed by atoms with Gasteiger partial charge in [0.2, 0.25) is 0 Å². The molecule has 0 aliphatic heterocycles. The van der Waals surface area contributed by atoms with Gasteiger partial charge in [0.15, 0.2) is 0 Å². The van der Waals surface area contributed by atoms with E-state index in [1.807, 2.05) is 0 Å². The van der Waals surface area contributed by atoms with Crippen LogP contribution in [0.4, 0.5) is 0 Å². The molecule has 0 radical (unpaired) electrons. The van der Waals surface area contributed by atoms with Gasteiger partial charge in [0.1, 0.15) is 0 Å². The lowest BCUT2D eigenvalue weighted by Crippen LogP contribution is -2.43. The van der Waals surface area contributed by atoms with Gasteiger partial charge in [0, 0.05) is 6.04 Å². The standard InChI is InChI=1S/C8H17NO/c1-8(2)4-3-7(10)6(9)5-8/h6-7,10H,3-5,9H2,1-2H3/t6-,7-/m1/s1. The van der Waals surface area contributed by atoms with E-state index in [4.69, 9.17) is 5.73 Å². The first-order valence-electron chi connectivity index (χ1n) is 3.95. The monoisotopic (exact) mass is 143 g/mol. The third-order valence-electron chi connectivity index (χ3n) is 2.40. The van der Waals surface area contributed by atoms with Crippen LogP contribution in [0.2, 0.25) is 0 Å². The van der Waals surface area contributed by atoms with Crippen LogP contribution in [0.25, 0.3) is 0 Å². The molecule has 0 amide bonds. The highest BCUT2D eigenvalue weighted by atomic mass is 16.3. The van der Waals surface area contributed by atoms with E-state index in [0.29, 0.717) is 5.41 Å². The Hall–Kier alpha value is -0.0800. The SMILES string of the molecule is CC1(C)CC[C@@H](O)[C@H](N)C1. The summed E-state index contributed by atoms with van der Waals surface area (Å²) < 4.78 is 0. The lowest BCUT2D eigenvalue weighted by atomic mass is 9.74. The van der Waals surface area contributed by atoms with E-state index >= 15 is 0 Å². The Morgan fingerprint density at radius 3 is 2.50 bits per heavy atom. The van der Waals surface area contributed by atoms with Crippen LogP contribution in [0.3, 0.4) is 0 Å². The minimum Gasteiger partial charge on any atom is -0.392 e. The molecule has 1 rings (SSSR count). The summed E-state index contributed by atoms with van der Waals surface area (Å²) in [6.07, 6.45) is 2.66. The van der Waals surface area contributed by atoms with Gasteiger partial charge < -0.3 is 10.8 Å². The molecular weight excluding hydrogens is 126 g/mol. The molecular formula is C8H17NO. The number of hydrogen-bond acceptors (Lipinski definition) is 2. The fraction of sp³-hybridized carbons (Fsp3) is 1.00. The van der Waals surface area contributed by atoms with E-state index in [-0.39, 0.29) is 12.1 Å². The van der Waals surface area contributed by atoms with E-state index < -0.39 is 0 Å². The molecule has 10 heavy (non-hydrogen) atoms. The Morgan fingerprint density at radius 1 is 1.50 bits per heavy atom. The number of aliphatic hydroxyl groups is 1. The Kier molecular flexibility index (Phi) is 2.02. The molecule has 2 atom stereocenters. The molecule has 0 heterocycles. The van der Waals surface area contributed by atoms with E-state index in [1.54, 1.807) is 0 Å². The van der Waals surface area contributed by atoms with Gasteiger partial charge in [-0.25, -0.2) is 0 Å². The van der Waals surface area contributed by atoms with Crippen molar-refractivity contribution >= 4 is 0 Å². The van der Waals surface area contributed by atoms with Crippen molar-refractivity contribution in [3.8, 4) is 0 Å². The highest BCUT2D eigenvalue weighted by Gasteiger charge is 2.31. The van der Waals surface area contributed by atoms with Crippen molar-refractivity contribution in [2.24, 2.45) is 11.1 Å². The molecule has 0 aromatic rings. The molecule has 0 bridgehead atoms. The molecule has 3 N–H and O–H groups in total. The average molecular weight is 143 g/mol. The minimum atomic E-state index is -0.256. The molecule has 1 aliphatic carbocycles. The molecule has 60 valence electrons. The zero-order valence-electron chi connectivity index (χ0n) is 6.80. The molecule has 1 saturated carbocycles. The van der Waals surface area contributed by atoms with Crippen LogP contribution in [0.5, 0.6) is 0 Å². The van der Waals surface area contributed by atoms with Gasteiger partial charge in [-0.15, -0.1) is 0 Å². The maximum absolute atomic E-state index is 9.28. The molecule has 1 aliphatic rings. The van der Waals surface area contributed by atoms with Crippen molar-refractivity contribution in [1.82, 2.24) is 0 Å². The maximum Gasteiger partial charge on any atom is 0.0691 e. The third-order valence-corrected chi connectivity index (χ3v) is 2.40. The maximum atomic E-state index is 9.28. The molecule has 0 aromatic carbocycles. The van der Waals surface area contributed by atoms with Crippen LogP contribution in [0.1, 0.15) is 33.1 Å². The second-order valence-corrected chi connectivity index (χ2v) is 4.14. The summed E-state index contributed by atoms with van der Waals surface area (Å²) >= 11 is 0. The van der Waals surface area contributed by atoms with Crippen molar-refractivity contribution in [2.75, 3.05) is 0 Å². The summed E-state index contributed by atoms with van der Waals surface area (Å²) in [5.41, 5.74) is 6.05. The van der Waals surface area contributed by atoms with Crippen LogP contribution in [-0.2, 0) is 0 Å². The van der Waals surface area contributed by atoms with Crippen LogP contribution >= 0.6 is 0 Å². The first kappa shape index (κ1) is 8.02. The second kappa shape index (κ2) is 2.51. The number of nitrogens with two attached hydrogens (primary N) is 1. The van der Waals surface area contributed by atoms with Crippen LogP contribution < -0.4 is 5.73 Å². The van der Waals surface area contributed by atoms with Gasteiger partial charge in [-0.1, -0.05) is 13.8 Å². The highest BCUT2D eigenvalue weighted by molar-refractivity contribution is 4.86. The van der Waals surface area contributed by atoms with Gasteiger partial charge >= 0.3 is 0 Å².